The van der Waals surface area contributed by atoms with E-state index in [2.05, 4.69) is 0 Å². The average Bonchev–Trinajstić information content (AvgIpc) is 1.67. The van der Waals surface area contributed by atoms with Gasteiger partial charge in [0.1, 0.15) is 0 Å². The van der Waals surface area contributed by atoms with Gasteiger partial charge in [-0.1, -0.05) is 6.92 Å². The molecule has 0 amide bonds. The van der Waals surface area contributed by atoms with E-state index in [1.807, 2.05) is 13.0 Å². The van der Waals surface area contributed by atoms with E-state index in [9.17, 15) is 0 Å². The van der Waals surface area contributed by atoms with E-state index >= 15 is 0 Å². The molecule has 0 aliphatic carbocycles. The predicted octanol–water partition coefficient (Wildman–Crippen LogP) is 1.06. The van der Waals surface area contributed by atoms with Gasteiger partial charge >= 0.3 is 0 Å². The van der Waals surface area contributed by atoms with Crippen molar-refractivity contribution in [3.05, 3.63) is 0 Å². The van der Waals surface area contributed by atoms with Gasteiger partial charge < -0.3 is 5.11 Å². The fraction of sp³-hybridized carbons (Fsp3) is 0.833. The van der Waals surface area contributed by atoms with Gasteiger partial charge in [0.25, 0.3) is 0 Å². The van der Waals surface area contributed by atoms with Crippen LogP contribution in [0.4, 0.5) is 0 Å². The molecule has 0 heterocycles. The summed E-state index contributed by atoms with van der Waals surface area (Å²) in [6, 6.07) is 1.91. The fourth-order valence-corrected chi connectivity index (χ4v) is 0.295. The normalized spacial score (nSPS) is 16.8. The summed E-state index contributed by atoms with van der Waals surface area (Å²) in [5, 5.41) is 17.2. The number of hydrogen-bond acceptors (Lipinski definition) is 2. The van der Waals surface area contributed by atoms with Gasteiger partial charge in [-0.25, -0.2) is 0 Å². The van der Waals surface area contributed by atoms with Gasteiger partial charge in [-0.05, 0) is 13.3 Å². The highest BCUT2D eigenvalue weighted by molar-refractivity contribution is 4.83. The first kappa shape index (κ1) is 7.45. The Balaban J connectivity index is 3.58. The van der Waals surface area contributed by atoms with Gasteiger partial charge in [-0.2, -0.15) is 5.26 Å². The lowest BCUT2D eigenvalue weighted by Crippen LogP contribution is -2.21. The topological polar surface area (TPSA) is 44.0 Å². The van der Waals surface area contributed by atoms with Crippen LogP contribution in [0, 0.1) is 11.3 Å². The van der Waals surface area contributed by atoms with Crippen molar-refractivity contribution in [1.29, 1.82) is 5.26 Å². The summed E-state index contributed by atoms with van der Waals surface area (Å²) in [4.78, 5) is 0. The molecule has 0 saturated carbocycles. The monoisotopic (exact) mass is 113 g/mol. The first-order valence-electron chi connectivity index (χ1n) is 2.71. The molecule has 0 saturated heterocycles. The summed E-state index contributed by atoms with van der Waals surface area (Å²) in [5.41, 5.74) is -0.769. The number of hydrogen-bond donors (Lipinski definition) is 1. The Kier molecular flexibility index (Phi) is 2.50. The van der Waals surface area contributed by atoms with E-state index in [1.54, 1.807) is 6.92 Å². The van der Waals surface area contributed by atoms with Gasteiger partial charge in [0, 0.05) is 0 Å². The van der Waals surface area contributed by atoms with Crippen molar-refractivity contribution in [1.82, 2.24) is 0 Å². The lowest BCUT2D eigenvalue weighted by Gasteiger charge is -2.15. The van der Waals surface area contributed by atoms with Crippen molar-refractivity contribution >= 4 is 0 Å². The quantitative estimate of drug-likeness (QED) is 0.582. The molecular weight excluding hydrogens is 102 g/mol. The highest BCUT2D eigenvalue weighted by Crippen LogP contribution is 2.11. The van der Waals surface area contributed by atoms with Crippen LogP contribution < -0.4 is 0 Å². The Morgan fingerprint density at radius 3 is 2.38 bits per heavy atom. The highest BCUT2D eigenvalue weighted by atomic mass is 16.3. The minimum absolute atomic E-state index is 0.226. The van der Waals surface area contributed by atoms with Gasteiger partial charge in [0.15, 0.2) is 0 Å². The van der Waals surface area contributed by atoms with Crippen molar-refractivity contribution in [2.45, 2.75) is 32.3 Å². The zero-order valence-electron chi connectivity index (χ0n) is 5.31. The van der Waals surface area contributed by atoms with E-state index in [1.165, 1.54) is 0 Å². The van der Waals surface area contributed by atoms with Crippen molar-refractivity contribution in [2.75, 3.05) is 0 Å². The molecule has 0 aromatic rings. The Morgan fingerprint density at radius 1 is 1.75 bits per heavy atom. The van der Waals surface area contributed by atoms with E-state index < -0.39 is 5.60 Å². The lowest BCUT2D eigenvalue weighted by atomic mass is 10.0. The molecule has 0 fully saturated rings. The maximum Gasteiger partial charge on any atom is 0.0746 e. The Hall–Kier alpha value is -0.550. The molecule has 2 heteroatoms. The summed E-state index contributed by atoms with van der Waals surface area (Å²) >= 11 is 0. The van der Waals surface area contributed by atoms with Crippen LogP contribution in [0.2, 0.25) is 0 Å². The molecule has 0 unspecified atom stereocenters. The first-order chi connectivity index (χ1) is 3.62. The second-order valence-electron chi connectivity index (χ2n) is 2.19. The van der Waals surface area contributed by atoms with Crippen LogP contribution in [0.5, 0.6) is 0 Å². The van der Waals surface area contributed by atoms with E-state index in [0.29, 0.717) is 6.42 Å². The van der Waals surface area contributed by atoms with Crippen molar-refractivity contribution in [3.63, 3.8) is 0 Å². The van der Waals surface area contributed by atoms with Crippen LogP contribution in [0.15, 0.2) is 0 Å². The lowest BCUT2D eigenvalue weighted by molar-refractivity contribution is 0.0610. The van der Waals surface area contributed by atoms with Crippen LogP contribution in [0.1, 0.15) is 26.7 Å². The van der Waals surface area contributed by atoms with Gasteiger partial charge in [-0.3, -0.25) is 0 Å². The molecule has 0 bridgehead atoms. The van der Waals surface area contributed by atoms with E-state index in [0.717, 1.165) is 0 Å². The summed E-state index contributed by atoms with van der Waals surface area (Å²) in [6.45, 7) is 3.52. The SMILES string of the molecule is CC[C@](C)(O)CC#N. The second kappa shape index (κ2) is 2.68. The van der Waals surface area contributed by atoms with Gasteiger partial charge in [-0.15, -0.1) is 0 Å². The third kappa shape index (κ3) is 2.59. The van der Waals surface area contributed by atoms with Crippen LogP contribution in [-0.4, -0.2) is 10.7 Å². The average molecular weight is 113 g/mol. The molecule has 0 radical (unpaired) electrons. The number of nitrogens with zero attached hydrogens (tertiary/aromatic N) is 1. The summed E-state index contributed by atoms with van der Waals surface area (Å²) in [5.74, 6) is 0. The summed E-state index contributed by atoms with van der Waals surface area (Å²) in [7, 11) is 0. The third-order valence-electron chi connectivity index (χ3n) is 1.22. The third-order valence-corrected chi connectivity index (χ3v) is 1.22. The molecular formula is C6H11NO. The molecule has 0 aromatic heterocycles. The number of nitriles is 1. The standard InChI is InChI=1S/C6H11NO/c1-3-6(2,8)4-5-7/h8H,3-4H2,1-2H3/t6-/m0/s1. The number of rotatable bonds is 2. The molecule has 1 N–H and O–H groups in total. The van der Waals surface area contributed by atoms with E-state index in [4.69, 9.17) is 10.4 Å². The smallest absolute Gasteiger partial charge is 0.0746 e. The minimum atomic E-state index is -0.769. The second-order valence-corrected chi connectivity index (χ2v) is 2.19. The minimum Gasteiger partial charge on any atom is -0.389 e. The zero-order valence-corrected chi connectivity index (χ0v) is 5.31. The summed E-state index contributed by atoms with van der Waals surface area (Å²) < 4.78 is 0. The Bertz CT molecular complexity index is 102. The molecule has 0 rings (SSSR count). The van der Waals surface area contributed by atoms with Crippen molar-refractivity contribution in [3.8, 4) is 6.07 Å². The highest BCUT2D eigenvalue weighted by Gasteiger charge is 2.15. The Labute approximate surface area is 49.8 Å². The molecule has 0 aromatic carbocycles. The van der Waals surface area contributed by atoms with Gasteiger partial charge in [0.2, 0.25) is 0 Å². The maximum absolute atomic E-state index is 9.10. The molecule has 46 valence electrons. The number of aliphatic hydroxyl groups is 1. The van der Waals surface area contributed by atoms with Crippen LogP contribution in [-0.2, 0) is 0 Å². The van der Waals surface area contributed by atoms with Gasteiger partial charge in [0.05, 0.1) is 18.1 Å². The molecule has 8 heavy (non-hydrogen) atoms. The summed E-state index contributed by atoms with van der Waals surface area (Å²) in [6.07, 6.45) is 0.865. The largest absolute Gasteiger partial charge is 0.389 e. The molecule has 0 spiro atoms. The molecule has 1 atom stereocenters. The molecule has 2 nitrogen and oxygen atoms in total. The van der Waals surface area contributed by atoms with Crippen molar-refractivity contribution in [2.24, 2.45) is 0 Å². The fourth-order valence-electron chi connectivity index (χ4n) is 0.295. The van der Waals surface area contributed by atoms with Crippen LogP contribution >= 0.6 is 0 Å². The van der Waals surface area contributed by atoms with Crippen LogP contribution in [0.3, 0.4) is 0 Å². The van der Waals surface area contributed by atoms with Crippen molar-refractivity contribution < 1.29 is 5.11 Å². The molecule has 0 aliphatic rings. The van der Waals surface area contributed by atoms with Crippen LogP contribution in [0.25, 0.3) is 0 Å². The molecule has 0 aliphatic heterocycles. The maximum atomic E-state index is 9.10. The predicted molar refractivity (Wildman–Crippen MR) is 31.1 cm³/mol. The Morgan fingerprint density at radius 2 is 2.25 bits per heavy atom. The first-order valence-corrected chi connectivity index (χ1v) is 2.71. The van der Waals surface area contributed by atoms with E-state index in [-0.39, 0.29) is 6.42 Å². The zero-order chi connectivity index (χ0) is 6.62.